The lowest BCUT2D eigenvalue weighted by atomic mass is 10.1. The monoisotopic (exact) mass is 436 g/mol. The highest BCUT2D eigenvalue weighted by Crippen LogP contribution is 2.38. The van der Waals surface area contributed by atoms with Gasteiger partial charge < -0.3 is 20.4 Å². The summed E-state index contributed by atoms with van der Waals surface area (Å²) in [7, 11) is 3.36. The molecule has 1 unspecified atom stereocenters. The molecule has 1 aliphatic rings. The van der Waals surface area contributed by atoms with Crippen LogP contribution in [-0.2, 0) is 11.8 Å². The number of hydrogen-bond donors (Lipinski definition) is 3. The predicted molar refractivity (Wildman–Crippen MR) is 117 cm³/mol. The molecule has 11 heteroatoms. The number of para-hydroxylation sites is 1. The number of imidazole rings is 1. The summed E-state index contributed by atoms with van der Waals surface area (Å²) in [5, 5.41) is 10.4. The molecule has 3 aromatic heterocycles. The number of carbonyl (C=O) groups excluding carboxylic acids is 1. The SMILES string of the molecule is COc1c(Nc2cc(NC(=O)C3C[C@@H]3F)nc3[nH]c(C)nc23)cccc1-c1ncn(C)n1. The highest BCUT2D eigenvalue weighted by molar-refractivity contribution is 5.97. The molecular formula is C21H21FN8O2. The number of aromatic amines is 1. The van der Waals surface area contributed by atoms with E-state index < -0.39 is 12.1 Å². The standard InChI is InChI=1S/C21H21FN8O2/c1-10-24-17-15(8-16(27-20(17)25-10)28-21(31)12-7-13(12)22)26-14-6-4-5-11(18(14)32-3)19-23-9-30(2)29-19/h4-6,8-9,12-13H,7H2,1-3H3,(H3,24,25,26,27,28,31)/t12?,13-/m0/s1. The molecule has 0 saturated heterocycles. The van der Waals surface area contributed by atoms with Gasteiger partial charge >= 0.3 is 0 Å². The Bertz CT molecular complexity index is 1330. The summed E-state index contributed by atoms with van der Waals surface area (Å²) in [5.41, 5.74) is 3.08. The fourth-order valence-corrected chi connectivity index (χ4v) is 3.56. The normalized spacial score (nSPS) is 17.4. The second kappa shape index (κ2) is 7.59. The summed E-state index contributed by atoms with van der Waals surface area (Å²) in [6.45, 7) is 1.82. The first-order valence-corrected chi connectivity index (χ1v) is 10.0. The third kappa shape index (κ3) is 3.61. The minimum Gasteiger partial charge on any atom is -0.494 e. The summed E-state index contributed by atoms with van der Waals surface area (Å²) in [6.07, 6.45) is 0.774. The van der Waals surface area contributed by atoms with Gasteiger partial charge in [0.05, 0.1) is 30.0 Å². The third-order valence-corrected chi connectivity index (χ3v) is 5.20. The van der Waals surface area contributed by atoms with Crippen molar-refractivity contribution in [2.75, 3.05) is 17.7 Å². The first kappa shape index (κ1) is 19.9. The molecule has 164 valence electrons. The smallest absolute Gasteiger partial charge is 0.231 e. The quantitative estimate of drug-likeness (QED) is 0.424. The number of aromatic nitrogens is 6. The molecule has 3 heterocycles. The van der Waals surface area contributed by atoms with Gasteiger partial charge in [0.15, 0.2) is 17.2 Å². The first-order chi connectivity index (χ1) is 15.4. The molecule has 1 fully saturated rings. The third-order valence-electron chi connectivity index (χ3n) is 5.20. The summed E-state index contributed by atoms with van der Waals surface area (Å²) in [5.74, 6) is 1.06. The van der Waals surface area contributed by atoms with Crippen LogP contribution in [0.2, 0.25) is 0 Å². The fraction of sp³-hybridized carbons (Fsp3) is 0.286. The number of benzene rings is 1. The Morgan fingerprint density at radius 3 is 2.81 bits per heavy atom. The van der Waals surface area contributed by atoms with Crippen molar-refractivity contribution in [3.8, 4) is 17.1 Å². The molecule has 32 heavy (non-hydrogen) atoms. The number of methoxy groups -OCH3 is 1. The van der Waals surface area contributed by atoms with Crippen LogP contribution < -0.4 is 15.4 Å². The Morgan fingerprint density at radius 1 is 1.31 bits per heavy atom. The van der Waals surface area contributed by atoms with E-state index in [1.807, 2.05) is 25.1 Å². The molecule has 0 bridgehead atoms. The number of H-pyrrole nitrogens is 1. The van der Waals surface area contributed by atoms with Crippen LogP contribution in [0.4, 0.5) is 21.6 Å². The molecular weight excluding hydrogens is 415 g/mol. The van der Waals surface area contributed by atoms with E-state index in [4.69, 9.17) is 4.74 Å². The number of halogens is 1. The number of rotatable bonds is 6. The zero-order valence-electron chi connectivity index (χ0n) is 17.7. The van der Waals surface area contributed by atoms with Crippen LogP contribution in [0.1, 0.15) is 12.2 Å². The Labute approximate surface area is 182 Å². The summed E-state index contributed by atoms with van der Waals surface area (Å²) in [6, 6.07) is 7.26. The molecule has 10 nitrogen and oxygen atoms in total. The fourth-order valence-electron chi connectivity index (χ4n) is 3.56. The number of hydrogen-bond acceptors (Lipinski definition) is 7. The van der Waals surface area contributed by atoms with E-state index in [-0.39, 0.29) is 12.3 Å². The number of amides is 1. The molecule has 0 radical (unpaired) electrons. The molecule has 5 rings (SSSR count). The molecule has 1 aromatic carbocycles. The maximum absolute atomic E-state index is 13.3. The molecule has 1 aliphatic carbocycles. The maximum Gasteiger partial charge on any atom is 0.231 e. The van der Waals surface area contributed by atoms with Crippen LogP contribution in [-0.4, -0.2) is 48.9 Å². The first-order valence-electron chi connectivity index (χ1n) is 10.0. The van der Waals surface area contributed by atoms with Gasteiger partial charge in [0, 0.05) is 13.1 Å². The summed E-state index contributed by atoms with van der Waals surface area (Å²) < 4.78 is 20.6. The van der Waals surface area contributed by atoms with Crippen LogP contribution in [0.15, 0.2) is 30.6 Å². The van der Waals surface area contributed by atoms with Crippen molar-refractivity contribution >= 4 is 34.3 Å². The van der Waals surface area contributed by atoms with E-state index >= 15 is 0 Å². The van der Waals surface area contributed by atoms with E-state index in [2.05, 4.69) is 35.7 Å². The molecule has 0 aliphatic heterocycles. The topological polar surface area (TPSA) is 123 Å². The van der Waals surface area contributed by atoms with Gasteiger partial charge in [0.2, 0.25) is 5.91 Å². The second-order valence-corrected chi connectivity index (χ2v) is 7.68. The van der Waals surface area contributed by atoms with Crippen molar-refractivity contribution in [1.82, 2.24) is 29.7 Å². The Morgan fingerprint density at radius 2 is 2.12 bits per heavy atom. The van der Waals surface area contributed by atoms with E-state index in [0.29, 0.717) is 45.8 Å². The van der Waals surface area contributed by atoms with Crippen molar-refractivity contribution in [3.63, 3.8) is 0 Å². The lowest BCUT2D eigenvalue weighted by molar-refractivity contribution is -0.117. The Hall–Kier alpha value is -4.02. The zero-order valence-corrected chi connectivity index (χ0v) is 17.7. The van der Waals surface area contributed by atoms with Crippen LogP contribution >= 0.6 is 0 Å². The van der Waals surface area contributed by atoms with Crippen LogP contribution in [0.25, 0.3) is 22.6 Å². The van der Waals surface area contributed by atoms with Crippen molar-refractivity contribution in [2.24, 2.45) is 13.0 Å². The minimum absolute atomic E-state index is 0.244. The Balaban J connectivity index is 1.54. The van der Waals surface area contributed by atoms with Crippen LogP contribution in [0.3, 0.4) is 0 Å². The second-order valence-electron chi connectivity index (χ2n) is 7.68. The highest BCUT2D eigenvalue weighted by Gasteiger charge is 2.43. The van der Waals surface area contributed by atoms with Crippen molar-refractivity contribution in [1.29, 1.82) is 0 Å². The number of carbonyl (C=O) groups is 1. The van der Waals surface area contributed by atoms with Crippen molar-refractivity contribution < 1.29 is 13.9 Å². The maximum atomic E-state index is 13.3. The van der Waals surface area contributed by atoms with Gasteiger partial charge in [0.1, 0.15) is 29.7 Å². The van der Waals surface area contributed by atoms with E-state index in [1.54, 1.807) is 31.2 Å². The van der Waals surface area contributed by atoms with Gasteiger partial charge in [-0.2, -0.15) is 5.10 Å². The lowest BCUT2D eigenvalue weighted by Crippen LogP contribution is -2.16. The lowest BCUT2D eigenvalue weighted by Gasteiger charge is -2.15. The number of fused-ring (bicyclic) bond motifs is 1. The van der Waals surface area contributed by atoms with Crippen LogP contribution in [0.5, 0.6) is 5.75 Å². The number of pyridine rings is 1. The molecule has 0 spiro atoms. The van der Waals surface area contributed by atoms with Gasteiger partial charge in [-0.15, -0.1) is 0 Å². The molecule has 4 aromatic rings. The van der Waals surface area contributed by atoms with Crippen molar-refractivity contribution in [2.45, 2.75) is 19.5 Å². The molecule has 1 amide bonds. The van der Waals surface area contributed by atoms with Gasteiger partial charge in [-0.3, -0.25) is 9.48 Å². The number of aryl methyl sites for hydroxylation is 2. The number of anilines is 3. The molecule has 3 N–H and O–H groups in total. The average Bonchev–Trinajstić information content (AvgIpc) is 3.14. The average molecular weight is 436 g/mol. The predicted octanol–water partition coefficient (Wildman–Crippen LogP) is 3.11. The van der Waals surface area contributed by atoms with Gasteiger partial charge in [-0.25, -0.2) is 19.3 Å². The highest BCUT2D eigenvalue weighted by atomic mass is 19.1. The summed E-state index contributed by atoms with van der Waals surface area (Å²) in [4.78, 5) is 28.5. The number of nitrogens with one attached hydrogen (secondary N) is 3. The van der Waals surface area contributed by atoms with Gasteiger partial charge in [0.25, 0.3) is 0 Å². The van der Waals surface area contributed by atoms with Gasteiger partial charge in [-0.1, -0.05) is 6.07 Å². The summed E-state index contributed by atoms with van der Waals surface area (Å²) >= 11 is 0. The van der Waals surface area contributed by atoms with E-state index in [9.17, 15) is 9.18 Å². The molecule has 2 atom stereocenters. The minimum atomic E-state index is -1.09. The largest absolute Gasteiger partial charge is 0.494 e. The zero-order chi connectivity index (χ0) is 22.4. The molecule has 1 saturated carbocycles. The van der Waals surface area contributed by atoms with E-state index in [0.717, 1.165) is 5.56 Å². The van der Waals surface area contributed by atoms with Crippen LogP contribution in [0, 0.1) is 12.8 Å². The Kier molecular flexibility index (Phi) is 4.72. The van der Waals surface area contributed by atoms with Crippen molar-refractivity contribution in [3.05, 3.63) is 36.4 Å². The number of nitrogens with zero attached hydrogens (tertiary/aromatic N) is 5. The number of alkyl halides is 1. The number of ether oxygens (including phenoxy) is 1. The van der Waals surface area contributed by atoms with Gasteiger partial charge in [-0.05, 0) is 25.5 Å². The van der Waals surface area contributed by atoms with E-state index in [1.165, 1.54) is 0 Å².